The second-order valence-corrected chi connectivity index (χ2v) is 11.2. The van der Waals surface area contributed by atoms with Gasteiger partial charge in [0.25, 0.3) is 0 Å². The zero-order valence-corrected chi connectivity index (χ0v) is 22.8. The van der Waals surface area contributed by atoms with E-state index in [1.165, 1.54) is 0 Å². The van der Waals surface area contributed by atoms with Gasteiger partial charge in [-0.2, -0.15) is 0 Å². The van der Waals surface area contributed by atoms with Crippen LogP contribution in [0.5, 0.6) is 0 Å². The number of hydrogen-bond donors (Lipinski definition) is 12. The summed E-state index contributed by atoms with van der Waals surface area (Å²) in [6.07, 6.45) is -21.0. The highest BCUT2D eigenvalue weighted by Gasteiger charge is 2.54. The molecule has 0 spiro atoms. The van der Waals surface area contributed by atoms with Crippen molar-refractivity contribution in [2.75, 3.05) is 19.7 Å². The van der Waals surface area contributed by atoms with Gasteiger partial charge in [-0.15, -0.1) is 0 Å². The summed E-state index contributed by atoms with van der Waals surface area (Å²) >= 11 is 0. The van der Waals surface area contributed by atoms with Gasteiger partial charge in [-0.25, -0.2) is 4.39 Å². The Balaban J connectivity index is 1.50. The van der Waals surface area contributed by atoms with Crippen LogP contribution in [-0.4, -0.2) is 167 Å². The first-order valence-electron chi connectivity index (χ1n) is 13.8. The van der Waals surface area contributed by atoms with Gasteiger partial charge in [-0.1, -0.05) is 0 Å². The van der Waals surface area contributed by atoms with E-state index in [0.717, 1.165) is 0 Å². The Kier molecular flexibility index (Phi) is 11.4. The summed E-state index contributed by atoms with van der Waals surface area (Å²) in [7, 11) is 0. The lowest BCUT2D eigenvalue weighted by Gasteiger charge is -2.47. The average Bonchev–Trinajstić information content (AvgIpc) is 3.27. The molecule has 1 saturated carbocycles. The van der Waals surface area contributed by atoms with Gasteiger partial charge in [-0.05, 0) is 6.42 Å². The molecule has 19 heteroatoms. The number of halogens is 1. The number of aliphatic hydroxyl groups is 6. The summed E-state index contributed by atoms with van der Waals surface area (Å²) in [5, 5.41) is 62.4. The molecule has 3 saturated heterocycles. The fourth-order valence-corrected chi connectivity index (χ4v) is 5.72. The first-order valence-corrected chi connectivity index (χ1v) is 13.8. The lowest BCUT2D eigenvalue weighted by molar-refractivity contribution is -0.302. The molecule has 1 aliphatic carbocycles. The minimum absolute atomic E-state index is 0.0577. The van der Waals surface area contributed by atoms with Crippen molar-refractivity contribution in [3.05, 3.63) is 0 Å². The van der Waals surface area contributed by atoms with E-state index in [9.17, 15) is 35.0 Å². The van der Waals surface area contributed by atoms with Gasteiger partial charge in [0.1, 0.15) is 67.2 Å². The van der Waals surface area contributed by atoms with Crippen LogP contribution in [0.3, 0.4) is 0 Å². The second kappa shape index (κ2) is 14.1. The quantitative estimate of drug-likeness (QED) is 0.114. The van der Waals surface area contributed by atoms with Crippen LogP contribution < -0.4 is 34.4 Å². The van der Waals surface area contributed by atoms with Crippen molar-refractivity contribution in [2.24, 2.45) is 34.4 Å². The van der Waals surface area contributed by atoms with E-state index < -0.39 is 123 Å². The van der Waals surface area contributed by atoms with Gasteiger partial charge >= 0.3 is 0 Å². The molecule has 4 rings (SSSR count). The van der Waals surface area contributed by atoms with Gasteiger partial charge in [0.2, 0.25) is 0 Å². The van der Waals surface area contributed by atoms with Crippen molar-refractivity contribution in [1.82, 2.24) is 0 Å². The Morgan fingerprint density at radius 1 is 0.595 bits per heavy atom. The van der Waals surface area contributed by atoms with E-state index in [-0.39, 0.29) is 19.5 Å². The molecule has 0 amide bonds. The molecule has 0 aromatic heterocycles. The lowest BCUT2D eigenvalue weighted by atomic mass is 9.84. The van der Waals surface area contributed by atoms with Crippen molar-refractivity contribution in [3.8, 4) is 0 Å². The number of rotatable bonds is 9. The third-order valence-electron chi connectivity index (χ3n) is 8.32. The second-order valence-electron chi connectivity index (χ2n) is 11.2. The van der Waals surface area contributed by atoms with Gasteiger partial charge in [0.15, 0.2) is 18.9 Å². The topological polar surface area (TPSA) is 333 Å². The van der Waals surface area contributed by atoms with Crippen LogP contribution >= 0.6 is 0 Å². The molecule has 0 aromatic rings. The van der Waals surface area contributed by atoms with E-state index in [2.05, 4.69) is 0 Å². The summed E-state index contributed by atoms with van der Waals surface area (Å²) < 4.78 is 49.1. The number of alkyl halides is 1. The van der Waals surface area contributed by atoms with Crippen LogP contribution in [-0.2, 0) is 28.4 Å². The molecule has 0 radical (unpaired) electrons. The van der Waals surface area contributed by atoms with E-state index in [4.69, 9.17) is 62.8 Å². The maximum atomic E-state index is 14.7. The summed E-state index contributed by atoms with van der Waals surface area (Å²) in [6.45, 7) is -1.07. The third kappa shape index (κ3) is 6.59. The predicted octanol–water partition coefficient (Wildman–Crippen LogP) is -7.92. The van der Waals surface area contributed by atoms with E-state index in [0.29, 0.717) is 0 Å². The molecule has 42 heavy (non-hydrogen) atoms. The van der Waals surface area contributed by atoms with Crippen molar-refractivity contribution < 1.29 is 63.5 Å². The van der Waals surface area contributed by atoms with E-state index in [1.54, 1.807) is 0 Å². The normalized spacial score (nSPS) is 53.8. The number of aliphatic hydroxyl groups excluding tert-OH is 6. The highest BCUT2D eigenvalue weighted by molar-refractivity contribution is 5.02. The Labute approximate surface area is 240 Å². The molecule has 4 aliphatic rings. The third-order valence-corrected chi connectivity index (χ3v) is 8.32. The SMILES string of the molecule is NC[C@@H]1O[C@H](O[C@H]2[C@@H](O)[C@H](O[C@@H]3[C@@H](O)[C@H](N)C[C@H](N)[C@H]3O[C@H]3O[C@H](CN)[C@@H](O)[C@@H](F)[C@H]3N)O[C@@H]2CO)[C@H](N)[C@@H](O)[C@@H]1O. The monoisotopic (exact) mass is 616 g/mol. The Bertz CT molecular complexity index is 873. The molecule has 0 bridgehead atoms. The van der Waals surface area contributed by atoms with E-state index >= 15 is 0 Å². The highest BCUT2D eigenvalue weighted by atomic mass is 19.1. The molecule has 3 aliphatic heterocycles. The van der Waals surface area contributed by atoms with Crippen molar-refractivity contribution in [2.45, 2.75) is 123 Å². The van der Waals surface area contributed by atoms with Crippen LogP contribution in [0.25, 0.3) is 0 Å². The molecule has 246 valence electrons. The molecule has 0 aromatic carbocycles. The lowest BCUT2D eigenvalue weighted by Crippen LogP contribution is -2.67. The van der Waals surface area contributed by atoms with Crippen LogP contribution in [0.4, 0.5) is 4.39 Å². The Morgan fingerprint density at radius 2 is 1.12 bits per heavy atom. The molecule has 19 atom stereocenters. The number of hydrogen-bond acceptors (Lipinski definition) is 18. The first-order chi connectivity index (χ1) is 19.8. The number of ether oxygens (including phenoxy) is 6. The zero-order chi connectivity index (χ0) is 31.0. The fourth-order valence-electron chi connectivity index (χ4n) is 5.72. The summed E-state index contributed by atoms with van der Waals surface area (Å²) in [4.78, 5) is 0. The standard InChI is InChI=1S/C23H45FN6O12/c24-10-11(29)21(37-7(2-25)14(10)33)40-18-6(28)1-5(27)13(32)20(18)42-23-17(36)19(9(4-31)39-23)41-22-12(30)16(35)15(34)8(3-26)38-22/h5-23,31-36H,1-4,25-30H2/t5-,6+,7-,8+,9-,10+,11-,12-,13+,14-,15-,16-,17-,18-,19-,20-,21-,22-,23+/m1/s1. The maximum absolute atomic E-state index is 14.7. The minimum Gasteiger partial charge on any atom is -0.394 e. The van der Waals surface area contributed by atoms with Crippen LogP contribution in [0.2, 0.25) is 0 Å². The zero-order valence-electron chi connectivity index (χ0n) is 22.8. The summed E-state index contributed by atoms with van der Waals surface area (Å²) in [5.74, 6) is 0. The molecule has 0 unspecified atom stereocenters. The Hall–Kier alpha value is -0.790. The minimum atomic E-state index is -1.95. The highest BCUT2D eigenvalue weighted by Crippen LogP contribution is 2.34. The maximum Gasteiger partial charge on any atom is 0.187 e. The molecule has 18 N–H and O–H groups in total. The van der Waals surface area contributed by atoms with Crippen LogP contribution in [0, 0.1) is 0 Å². The first kappa shape index (κ1) is 34.1. The Morgan fingerprint density at radius 3 is 1.71 bits per heavy atom. The molecular formula is C23H45FN6O12. The molecule has 3 heterocycles. The smallest absolute Gasteiger partial charge is 0.187 e. The van der Waals surface area contributed by atoms with Gasteiger partial charge in [0, 0.05) is 25.2 Å². The van der Waals surface area contributed by atoms with Crippen molar-refractivity contribution in [3.63, 3.8) is 0 Å². The average molecular weight is 617 g/mol. The van der Waals surface area contributed by atoms with Gasteiger partial charge < -0.3 is 93.5 Å². The van der Waals surface area contributed by atoms with Crippen LogP contribution in [0.15, 0.2) is 0 Å². The molecule has 4 fully saturated rings. The number of nitrogens with two attached hydrogens (primary N) is 6. The molecule has 18 nitrogen and oxygen atoms in total. The van der Waals surface area contributed by atoms with E-state index in [1.807, 2.05) is 0 Å². The van der Waals surface area contributed by atoms with Gasteiger partial charge in [-0.3, -0.25) is 0 Å². The predicted molar refractivity (Wildman–Crippen MR) is 137 cm³/mol. The van der Waals surface area contributed by atoms with Crippen molar-refractivity contribution in [1.29, 1.82) is 0 Å². The van der Waals surface area contributed by atoms with Gasteiger partial charge in [0.05, 0.1) is 24.8 Å². The largest absolute Gasteiger partial charge is 0.394 e. The summed E-state index contributed by atoms with van der Waals surface area (Å²) in [6, 6.07) is -4.48. The van der Waals surface area contributed by atoms with Crippen molar-refractivity contribution >= 4 is 0 Å². The molecular weight excluding hydrogens is 571 g/mol. The summed E-state index contributed by atoms with van der Waals surface area (Å²) in [5.41, 5.74) is 35.4. The van der Waals surface area contributed by atoms with Crippen LogP contribution in [0.1, 0.15) is 6.42 Å². The fraction of sp³-hybridized carbons (Fsp3) is 1.00.